The predicted molar refractivity (Wildman–Crippen MR) is 78.9 cm³/mol. The number of benzene rings is 2. The summed E-state index contributed by atoms with van der Waals surface area (Å²) >= 11 is 0. The van der Waals surface area contributed by atoms with Gasteiger partial charge in [-0.2, -0.15) is 0 Å². The number of rotatable bonds is 5. The highest BCUT2D eigenvalue weighted by Crippen LogP contribution is 2.24. The van der Waals surface area contributed by atoms with Crippen LogP contribution in [0, 0.1) is 13.8 Å². The minimum absolute atomic E-state index is 0.0546. The number of carboxylic acids is 1. The highest BCUT2D eigenvalue weighted by atomic mass is 16.5. The van der Waals surface area contributed by atoms with Crippen LogP contribution in [0.2, 0.25) is 0 Å². The monoisotopic (exact) mass is 284 g/mol. The Hall–Kier alpha value is -2.62. The molecule has 0 amide bonds. The van der Waals surface area contributed by atoms with Crippen molar-refractivity contribution in [3.05, 3.63) is 64.7 Å². The number of aliphatic carboxylic acids is 1. The number of hydrogen-bond donors (Lipinski definition) is 1. The van der Waals surface area contributed by atoms with Crippen LogP contribution in [0.1, 0.15) is 27.0 Å². The highest BCUT2D eigenvalue weighted by molar-refractivity contribution is 6.10. The molecule has 0 aromatic heterocycles. The summed E-state index contributed by atoms with van der Waals surface area (Å²) in [5.41, 5.74) is 2.72. The summed E-state index contributed by atoms with van der Waals surface area (Å²) in [6, 6.07) is 12.5. The Balaban J connectivity index is 2.32. The van der Waals surface area contributed by atoms with Gasteiger partial charge in [0.05, 0.1) is 0 Å². The van der Waals surface area contributed by atoms with Crippen LogP contribution in [0.25, 0.3) is 0 Å². The van der Waals surface area contributed by atoms with Gasteiger partial charge in [-0.25, -0.2) is 4.79 Å². The molecule has 0 bridgehead atoms. The fourth-order valence-corrected chi connectivity index (χ4v) is 2.07. The summed E-state index contributed by atoms with van der Waals surface area (Å²) in [6.45, 7) is 3.20. The van der Waals surface area contributed by atoms with Gasteiger partial charge in [0.15, 0.2) is 12.4 Å². The summed E-state index contributed by atoms with van der Waals surface area (Å²) in [5.74, 6) is -0.600. The van der Waals surface area contributed by atoms with Crippen molar-refractivity contribution in [2.75, 3.05) is 6.61 Å². The molecule has 108 valence electrons. The maximum atomic E-state index is 12.5. The molecule has 0 unspecified atom stereocenters. The zero-order valence-electron chi connectivity index (χ0n) is 11.9. The molecule has 2 aromatic rings. The van der Waals surface area contributed by atoms with Gasteiger partial charge >= 0.3 is 5.97 Å². The second kappa shape index (κ2) is 6.22. The van der Waals surface area contributed by atoms with Crippen LogP contribution in [-0.2, 0) is 4.79 Å². The molecule has 4 heteroatoms. The van der Waals surface area contributed by atoms with E-state index in [4.69, 9.17) is 9.84 Å². The smallest absolute Gasteiger partial charge is 0.341 e. The minimum atomic E-state index is -1.03. The maximum Gasteiger partial charge on any atom is 0.341 e. The molecule has 0 heterocycles. The summed E-state index contributed by atoms with van der Waals surface area (Å²) < 4.78 is 5.21. The van der Waals surface area contributed by atoms with E-state index in [0.717, 1.165) is 11.1 Å². The predicted octanol–water partition coefficient (Wildman–Crippen LogP) is 3.00. The van der Waals surface area contributed by atoms with Gasteiger partial charge < -0.3 is 9.84 Å². The van der Waals surface area contributed by atoms with E-state index >= 15 is 0 Å². The molecular formula is C17H16O4. The fraction of sp³-hybridized carbons (Fsp3) is 0.176. The van der Waals surface area contributed by atoms with E-state index in [1.54, 1.807) is 31.2 Å². The van der Waals surface area contributed by atoms with Crippen molar-refractivity contribution < 1.29 is 19.4 Å². The fourth-order valence-electron chi connectivity index (χ4n) is 2.07. The van der Waals surface area contributed by atoms with Crippen molar-refractivity contribution in [3.63, 3.8) is 0 Å². The van der Waals surface area contributed by atoms with Crippen LogP contribution in [0.3, 0.4) is 0 Å². The van der Waals surface area contributed by atoms with E-state index in [1.807, 2.05) is 25.1 Å². The SMILES string of the molecule is Cc1cc(C(=O)c2ccccc2)c(C)cc1OCC(=O)O. The van der Waals surface area contributed by atoms with Gasteiger partial charge in [0.1, 0.15) is 5.75 Å². The van der Waals surface area contributed by atoms with Crippen molar-refractivity contribution in [3.8, 4) is 5.75 Å². The lowest BCUT2D eigenvalue weighted by atomic mass is 9.97. The first-order valence-electron chi connectivity index (χ1n) is 6.54. The Morgan fingerprint density at radius 3 is 2.33 bits per heavy atom. The average molecular weight is 284 g/mol. The molecule has 2 aromatic carbocycles. The molecule has 0 aliphatic rings. The first-order chi connectivity index (χ1) is 9.99. The summed E-state index contributed by atoms with van der Waals surface area (Å²) in [4.78, 5) is 23.0. The lowest BCUT2D eigenvalue weighted by Gasteiger charge is -2.12. The average Bonchev–Trinajstić information content (AvgIpc) is 2.47. The number of hydrogen-bond acceptors (Lipinski definition) is 3. The second-order valence-corrected chi connectivity index (χ2v) is 4.81. The largest absolute Gasteiger partial charge is 0.482 e. The Morgan fingerprint density at radius 2 is 1.71 bits per heavy atom. The Kier molecular flexibility index (Phi) is 4.38. The Bertz CT molecular complexity index is 675. The van der Waals surface area contributed by atoms with E-state index in [2.05, 4.69) is 0 Å². The van der Waals surface area contributed by atoms with E-state index in [9.17, 15) is 9.59 Å². The molecule has 0 radical (unpaired) electrons. The highest BCUT2D eigenvalue weighted by Gasteiger charge is 2.14. The molecule has 0 atom stereocenters. The Labute approximate surface area is 123 Å². The molecule has 0 fully saturated rings. The van der Waals surface area contributed by atoms with Crippen LogP contribution < -0.4 is 4.74 Å². The third kappa shape index (κ3) is 3.48. The van der Waals surface area contributed by atoms with Crippen LogP contribution in [0.5, 0.6) is 5.75 Å². The normalized spacial score (nSPS) is 10.2. The first kappa shape index (κ1) is 14.8. The van der Waals surface area contributed by atoms with Crippen molar-refractivity contribution in [1.82, 2.24) is 0 Å². The Morgan fingerprint density at radius 1 is 1.05 bits per heavy atom. The summed E-state index contributed by atoms with van der Waals surface area (Å²) in [7, 11) is 0. The van der Waals surface area contributed by atoms with Gasteiger partial charge in [0, 0.05) is 11.1 Å². The van der Waals surface area contributed by atoms with Crippen molar-refractivity contribution in [2.24, 2.45) is 0 Å². The zero-order valence-corrected chi connectivity index (χ0v) is 11.9. The van der Waals surface area contributed by atoms with Gasteiger partial charge in [-0.05, 0) is 37.1 Å². The van der Waals surface area contributed by atoms with Gasteiger partial charge in [0.2, 0.25) is 0 Å². The van der Waals surface area contributed by atoms with E-state index < -0.39 is 12.6 Å². The van der Waals surface area contributed by atoms with Crippen LogP contribution in [-0.4, -0.2) is 23.5 Å². The minimum Gasteiger partial charge on any atom is -0.482 e. The van der Waals surface area contributed by atoms with Crippen LogP contribution in [0.15, 0.2) is 42.5 Å². The molecule has 0 aliphatic heterocycles. The van der Waals surface area contributed by atoms with Gasteiger partial charge in [-0.1, -0.05) is 30.3 Å². The van der Waals surface area contributed by atoms with Crippen molar-refractivity contribution >= 4 is 11.8 Å². The standard InChI is InChI=1S/C17H16O4/c1-11-9-15(21-10-16(18)19)12(2)8-14(11)17(20)13-6-4-3-5-7-13/h3-9H,10H2,1-2H3,(H,18,19). The lowest BCUT2D eigenvalue weighted by molar-refractivity contribution is -0.139. The number of aryl methyl sites for hydroxylation is 2. The number of ether oxygens (including phenoxy) is 1. The number of carboxylic acid groups (broad SMARTS) is 1. The van der Waals surface area contributed by atoms with Gasteiger partial charge in [-0.3, -0.25) is 4.79 Å². The van der Waals surface area contributed by atoms with Gasteiger partial charge in [-0.15, -0.1) is 0 Å². The molecule has 0 saturated heterocycles. The topological polar surface area (TPSA) is 63.6 Å². The molecule has 0 saturated carbocycles. The van der Waals surface area contributed by atoms with E-state index in [1.165, 1.54) is 0 Å². The number of carbonyl (C=O) groups is 2. The molecule has 4 nitrogen and oxygen atoms in total. The van der Waals surface area contributed by atoms with E-state index in [0.29, 0.717) is 16.9 Å². The first-order valence-corrected chi connectivity index (χ1v) is 6.54. The summed E-state index contributed by atoms with van der Waals surface area (Å²) in [5, 5.41) is 8.65. The number of ketones is 1. The number of carbonyl (C=O) groups excluding carboxylic acids is 1. The molecule has 0 spiro atoms. The van der Waals surface area contributed by atoms with Crippen LogP contribution in [0.4, 0.5) is 0 Å². The third-order valence-electron chi connectivity index (χ3n) is 3.15. The van der Waals surface area contributed by atoms with Crippen LogP contribution >= 0.6 is 0 Å². The summed E-state index contributed by atoms with van der Waals surface area (Å²) in [6.07, 6.45) is 0. The maximum absolute atomic E-state index is 12.5. The second-order valence-electron chi connectivity index (χ2n) is 4.81. The third-order valence-corrected chi connectivity index (χ3v) is 3.15. The van der Waals surface area contributed by atoms with Gasteiger partial charge in [0.25, 0.3) is 0 Å². The zero-order chi connectivity index (χ0) is 15.4. The molecule has 0 aliphatic carbocycles. The van der Waals surface area contributed by atoms with Crippen molar-refractivity contribution in [1.29, 1.82) is 0 Å². The molecule has 21 heavy (non-hydrogen) atoms. The van der Waals surface area contributed by atoms with E-state index in [-0.39, 0.29) is 5.78 Å². The molecule has 2 rings (SSSR count). The molecule has 1 N–H and O–H groups in total. The molecular weight excluding hydrogens is 268 g/mol. The lowest BCUT2D eigenvalue weighted by Crippen LogP contribution is -2.11. The van der Waals surface area contributed by atoms with Crippen molar-refractivity contribution in [2.45, 2.75) is 13.8 Å². The quantitative estimate of drug-likeness (QED) is 0.857.